The van der Waals surface area contributed by atoms with E-state index in [0.717, 1.165) is 93.6 Å². The molecule has 1 aliphatic rings. The number of piperidine rings is 1. The standard InChI is InChI=1S/C47H60N4O5/c1-49-31-40(37-21-23-50-24-22-37)13-6-3-7-14-43(53)30-44(54)20-19-38-28-46(56-33-52)45(55)27-41(38)26-42-32-51-47(48)29-39(42)18-17-36-12-8-11-35(25-36)16-15-34-9-4-2-5-10-34/h2,4-5,8-12,19-20,25,27-29,32,37,40,49-50,52,55H,3,6-7,13-18,21-24,26,30-31,33H2,1H3,(H2,48,51). The number of allylic oxidation sites excluding steroid dienone is 1. The number of rotatable bonds is 23. The number of aliphatic hydroxyl groups is 1. The molecular weight excluding hydrogens is 701 g/mol. The van der Waals surface area contributed by atoms with E-state index >= 15 is 0 Å². The van der Waals surface area contributed by atoms with Gasteiger partial charge in [-0.1, -0.05) is 73.5 Å². The lowest BCUT2D eigenvalue weighted by Gasteiger charge is -2.30. The summed E-state index contributed by atoms with van der Waals surface area (Å²) in [5.41, 5.74) is 13.4. The third-order valence-electron chi connectivity index (χ3n) is 11.0. The van der Waals surface area contributed by atoms with Crippen LogP contribution in [0.1, 0.15) is 90.3 Å². The van der Waals surface area contributed by atoms with Gasteiger partial charge in [0.1, 0.15) is 11.6 Å². The van der Waals surface area contributed by atoms with Gasteiger partial charge in [-0.2, -0.15) is 0 Å². The highest BCUT2D eigenvalue weighted by Crippen LogP contribution is 2.33. The molecule has 1 aliphatic heterocycles. The second-order valence-electron chi connectivity index (χ2n) is 15.2. The van der Waals surface area contributed by atoms with E-state index < -0.39 is 6.79 Å². The summed E-state index contributed by atoms with van der Waals surface area (Å²) in [4.78, 5) is 30.1. The van der Waals surface area contributed by atoms with Crippen molar-refractivity contribution in [1.29, 1.82) is 0 Å². The Hall–Kier alpha value is -4.83. The average Bonchev–Trinajstić information content (AvgIpc) is 3.21. The van der Waals surface area contributed by atoms with E-state index in [0.29, 0.717) is 30.1 Å². The van der Waals surface area contributed by atoms with Crippen molar-refractivity contribution in [2.24, 2.45) is 11.8 Å². The molecular formula is C47H60N4O5. The SMILES string of the molecule is CNCC(CCCCCC(=O)CC(=O)C=Cc1cc(OCO)c(O)cc1Cc1cnc(N)cc1CCc1cccc(CCc2ccccc2)c1)C1CCNCC1. The highest BCUT2D eigenvalue weighted by atomic mass is 16.6. The van der Waals surface area contributed by atoms with Crippen LogP contribution in [-0.2, 0) is 41.7 Å². The number of Topliss-reactive ketones (excluding diaryl/α,β-unsaturated/α-hetero) is 1. The van der Waals surface area contributed by atoms with Crippen LogP contribution in [0.25, 0.3) is 6.08 Å². The minimum atomic E-state index is -0.614. The van der Waals surface area contributed by atoms with E-state index in [9.17, 15) is 19.8 Å². The summed E-state index contributed by atoms with van der Waals surface area (Å²) < 4.78 is 5.26. The third kappa shape index (κ3) is 13.7. The Balaban J connectivity index is 1.18. The maximum absolute atomic E-state index is 13.0. The summed E-state index contributed by atoms with van der Waals surface area (Å²) in [7, 11) is 2.02. The minimum absolute atomic E-state index is 0.0562. The number of hydrogen-bond acceptors (Lipinski definition) is 9. The molecule has 1 unspecified atom stereocenters. The first-order chi connectivity index (χ1) is 27.3. The number of nitrogens with one attached hydrogen (secondary N) is 2. The first kappa shape index (κ1) is 42.3. The predicted molar refractivity (Wildman–Crippen MR) is 225 cm³/mol. The van der Waals surface area contributed by atoms with Crippen LogP contribution in [0.3, 0.4) is 0 Å². The van der Waals surface area contributed by atoms with Crippen LogP contribution >= 0.6 is 0 Å². The van der Waals surface area contributed by atoms with Crippen molar-refractivity contribution in [3.63, 3.8) is 0 Å². The molecule has 3 aromatic carbocycles. The van der Waals surface area contributed by atoms with Gasteiger partial charge in [0.2, 0.25) is 0 Å². The lowest BCUT2D eigenvalue weighted by atomic mass is 9.81. The third-order valence-corrected chi connectivity index (χ3v) is 11.0. The lowest BCUT2D eigenvalue weighted by molar-refractivity contribution is -0.124. The highest BCUT2D eigenvalue weighted by Gasteiger charge is 2.22. The van der Waals surface area contributed by atoms with Gasteiger partial charge in [0.25, 0.3) is 0 Å². The maximum atomic E-state index is 13.0. The number of nitrogens with zero attached hydrogens (tertiary/aromatic N) is 1. The number of phenols is 1. The van der Waals surface area contributed by atoms with Crippen LogP contribution in [0.2, 0.25) is 0 Å². The molecule has 0 bridgehead atoms. The number of anilines is 1. The van der Waals surface area contributed by atoms with E-state index in [1.165, 1.54) is 35.6 Å². The Bertz CT molecular complexity index is 1870. The number of aliphatic hydroxyl groups excluding tert-OH is 1. The van der Waals surface area contributed by atoms with Gasteiger partial charge in [-0.15, -0.1) is 0 Å². The van der Waals surface area contributed by atoms with Crippen LogP contribution < -0.4 is 21.1 Å². The van der Waals surface area contributed by atoms with E-state index in [1.807, 2.05) is 19.2 Å². The molecule has 0 aliphatic carbocycles. The van der Waals surface area contributed by atoms with Crippen molar-refractivity contribution in [3.8, 4) is 11.5 Å². The van der Waals surface area contributed by atoms with Crippen LogP contribution in [0.5, 0.6) is 11.5 Å². The van der Waals surface area contributed by atoms with Crippen molar-refractivity contribution in [2.45, 2.75) is 83.5 Å². The number of aryl methyl sites for hydroxylation is 4. The Kier molecular flexibility index (Phi) is 17.1. The number of nitrogen functional groups attached to an aromatic ring is 1. The molecule has 4 aromatic rings. The Morgan fingerprint density at radius 2 is 1.64 bits per heavy atom. The molecule has 9 nitrogen and oxygen atoms in total. The molecule has 0 spiro atoms. The fourth-order valence-electron chi connectivity index (χ4n) is 7.93. The zero-order valence-corrected chi connectivity index (χ0v) is 33.0. The van der Waals surface area contributed by atoms with Crippen molar-refractivity contribution < 1.29 is 24.5 Å². The van der Waals surface area contributed by atoms with Gasteiger partial charge in [0, 0.05) is 12.6 Å². The largest absolute Gasteiger partial charge is 0.504 e. The van der Waals surface area contributed by atoms with Gasteiger partial charge in [-0.05, 0) is 160 Å². The molecule has 0 amide bonds. The van der Waals surface area contributed by atoms with Crippen LogP contribution in [-0.4, -0.2) is 60.2 Å². The summed E-state index contributed by atoms with van der Waals surface area (Å²) in [6, 6.07) is 24.3. The highest BCUT2D eigenvalue weighted by molar-refractivity contribution is 6.06. The normalized spacial score (nSPS) is 13.9. The molecule has 9 heteroatoms. The van der Waals surface area contributed by atoms with Crippen LogP contribution in [0.15, 0.2) is 85.1 Å². The van der Waals surface area contributed by atoms with Gasteiger partial charge < -0.3 is 31.3 Å². The van der Waals surface area contributed by atoms with Gasteiger partial charge in [0.15, 0.2) is 24.1 Å². The van der Waals surface area contributed by atoms with Crippen molar-refractivity contribution in [1.82, 2.24) is 15.6 Å². The van der Waals surface area contributed by atoms with Crippen molar-refractivity contribution in [2.75, 3.05) is 39.2 Å². The van der Waals surface area contributed by atoms with Crippen LogP contribution in [0.4, 0.5) is 5.82 Å². The fourth-order valence-corrected chi connectivity index (χ4v) is 7.93. The minimum Gasteiger partial charge on any atom is -0.504 e. The van der Waals surface area contributed by atoms with Gasteiger partial charge >= 0.3 is 0 Å². The second-order valence-corrected chi connectivity index (χ2v) is 15.2. The Morgan fingerprint density at radius 1 is 0.911 bits per heavy atom. The zero-order valence-electron chi connectivity index (χ0n) is 33.0. The molecule has 1 aromatic heterocycles. The number of hydrogen-bond donors (Lipinski definition) is 5. The quantitative estimate of drug-likeness (QED) is 0.0230. The van der Waals surface area contributed by atoms with E-state index in [4.69, 9.17) is 10.5 Å². The van der Waals surface area contributed by atoms with E-state index in [-0.39, 0.29) is 29.5 Å². The Labute approximate surface area is 332 Å². The number of aromatic nitrogens is 1. The summed E-state index contributed by atoms with van der Waals surface area (Å²) >= 11 is 0. The number of ketones is 2. The molecule has 1 atom stereocenters. The van der Waals surface area contributed by atoms with Gasteiger partial charge in [-0.3, -0.25) is 9.59 Å². The number of phenolic OH excluding ortho intramolecular Hbond substituents is 1. The van der Waals surface area contributed by atoms with E-state index in [1.54, 1.807) is 24.4 Å². The summed E-state index contributed by atoms with van der Waals surface area (Å²) in [5.74, 6) is 1.49. The molecule has 6 N–H and O–H groups in total. The Morgan fingerprint density at radius 3 is 2.39 bits per heavy atom. The summed E-state index contributed by atoms with van der Waals surface area (Å²) in [5, 5.41) is 27.0. The number of aromatic hydroxyl groups is 1. The maximum Gasteiger partial charge on any atom is 0.186 e. The van der Waals surface area contributed by atoms with Crippen molar-refractivity contribution >= 4 is 23.5 Å². The molecule has 0 saturated carbocycles. The lowest BCUT2D eigenvalue weighted by Crippen LogP contribution is -2.35. The number of pyridine rings is 1. The first-order valence-corrected chi connectivity index (χ1v) is 20.3. The number of ether oxygens (including phenoxy) is 1. The molecule has 0 radical (unpaired) electrons. The predicted octanol–water partition coefficient (Wildman–Crippen LogP) is 7.19. The number of unbranched alkanes of at least 4 members (excludes halogenated alkanes) is 2. The second kappa shape index (κ2) is 22.7. The molecule has 56 heavy (non-hydrogen) atoms. The number of nitrogens with two attached hydrogens (primary N) is 1. The molecule has 1 fully saturated rings. The zero-order chi connectivity index (χ0) is 39.5. The smallest absolute Gasteiger partial charge is 0.186 e. The summed E-state index contributed by atoms with van der Waals surface area (Å²) in [6.45, 7) is 2.61. The molecule has 298 valence electrons. The van der Waals surface area contributed by atoms with Crippen molar-refractivity contribution in [3.05, 3.63) is 124 Å². The average molecular weight is 761 g/mol. The number of benzene rings is 3. The van der Waals surface area contributed by atoms with Gasteiger partial charge in [0.05, 0.1) is 6.42 Å². The first-order valence-electron chi connectivity index (χ1n) is 20.3. The van der Waals surface area contributed by atoms with Crippen LogP contribution in [0, 0.1) is 11.8 Å². The van der Waals surface area contributed by atoms with E-state index in [2.05, 4.69) is 64.1 Å². The topological polar surface area (TPSA) is 147 Å². The monoisotopic (exact) mass is 760 g/mol. The molecule has 5 rings (SSSR count). The fraction of sp³-hybridized carbons (Fsp3) is 0.426. The number of carbonyl (C=O) groups excluding carboxylic acids is 2. The molecule has 1 saturated heterocycles. The summed E-state index contributed by atoms with van der Waals surface area (Å²) in [6.07, 6.45) is 15.5. The number of carbonyl (C=O) groups is 2. The van der Waals surface area contributed by atoms with Gasteiger partial charge in [-0.25, -0.2) is 4.98 Å². The molecule has 2 heterocycles.